The van der Waals surface area contributed by atoms with Crippen molar-refractivity contribution < 1.29 is 0 Å². The molecule has 2 rings (SSSR count). The van der Waals surface area contributed by atoms with E-state index < -0.39 is 0 Å². The summed E-state index contributed by atoms with van der Waals surface area (Å²) < 4.78 is 0. The second kappa shape index (κ2) is 4.24. The van der Waals surface area contributed by atoms with Crippen LogP contribution in [0, 0.1) is 0 Å². The molecule has 0 spiro atoms. The lowest BCUT2D eigenvalue weighted by Gasteiger charge is -2.10. The molecule has 4 heteroatoms. The SMILES string of the molecule is Nc1ccc(Cl)cc1-c1cccc(Cl)c1N. The van der Waals surface area contributed by atoms with Crippen LogP contribution in [-0.2, 0) is 0 Å². The number of nitrogen functional groups attached to an aromatic ring is 2. The van der Waals surface area contributed by atoms with E-state index in [1.54, 1.807) is 24.3 Å². The molecule has 82 valence electrons. The Morgan fingerprint density at radius 2 is 1.62 bits per heavy atom. The molecule has 2 aromatic carbocycles. The maximum Gasteiger partial charge on any atom is 0.0641 e. The van der Waals surface area contributed by atoms with Gasteiger partial charge in [-0.3, -0.25) is 0 Å². The molecule has 2 nitrogen and oxygen atoms in total. The van der Waals surface area contributed by atoms with E-state index >= 15 is 0 Å². The second-order valence-electron chi connectivity index (χ2n) is 3.43. The van der Waals surface area contributed by atoms with Gasteiger partial charge in [0.15, 0.2) is 0 Å². The predicted octanol–water partition coefficient (Wildman–Crippen LogP) is 3.82. The Bertz CT molecular complexity index is 539. The van der Waals surface area contributed by atoms with E-state index in [0.717, 1.165) is 11.1 Å². The zero-order valence-corrected chi connectivity index (χ0v) is 9.89. The number of anilines is 2. The van der Waals surface area contributed by atoms with Gasteiger partial charge in [0.2, 0.25) is 0 Å². The molecule has 0 aliphatic carbocycles. The van der Waals surface area contributed by atoms with Crippen molar-refractivity contribution in [1.29, 1.82) is 0 Å². The Morgan fingerprint density at radius 3 is 2.38 bits per heavy atom. The van der Waals surface area contributed by atoms with Gasteiger partial charge in [0.05, 0.1) is 10.7 Å². The quantitative estimate of drug-likeness (QED) is 0.759. The predicted molar refractivity (Wildman–Crippen MR) is 70.7 cm³/mol. The minimum atomic E-state index is 0.511. The zero-order valence-electron chi connectivity index (χ0n) is 8.37. The summed E-state index contributed by atoms with van der Waals surface area (Å²) in [6, 6.07) is 10.7. The molecule has 0 radical (unpaired) electrons. The summed E-state index contributed by atoms with van der Waals surface area (Å²) in [6.07, 6.45) is 0. The monoisotopic (exact) mass is 252 g/mol. The third-order valence-electron chi connectivity index (χ3n) is 2.36. The highest BCUT2D eigenvalue weighted by Gasteiger charge is 2.09. The minimum Gasteiger partial charge on any atom is -0.398 e. The molecule has 0 bridgehead atoms. The van der Waals surface area contributed by atoms with E-state index in [-0.39, 0.29) is 0 Å². The van der Waals surface area contributed by atoms with Gasteiger partial charge in [-0.1, -0.05) is 35.3 Å². The summed E-state index contributed by atoms with van der Waals surface area (Å²) in [5, 5.41) is 1.13. The van der Waals surface area contributed by atoms with Crippen LogP contribution in [-0.4, -0.2) is 0 Å². The van der Waals surface area contributed by atoms with E-state index in [4.69, 9.17) is 34.7 Å². The molecule has 0 saturated carbocycles. The first kappa shape index (κ1) is 11.1. The van der Waals surface area contributed by atoms with Gasteiger partial charge in [-0.2, -0.15) is 0 Å². The largest absolute Gasteiger partial charge is 0.398 e. The van der Waals surface area contributed by atoms with Crippen molar-refractivity contribution in [2.45, 2.75) is 0 Å². The Morgan fingerprint density at radius 1 is 0.875 bits per heavy atom. The normalized spacial score (nSPS) is 10.4. The van der Waals surface area contributed by atoms with Crippen LogP contribution in [0.5, 0.6) is 0 Å². The average Bonchev–Trinajstić information content (AvgIpc) is 2.26. The summed E-state index contributed by atoms with van der Waals surface area (Å²) in [4.78, 5) is 0. The van der Waals surface area contributed by atoms with Gasteiger partial charge in [-0.15, -0.1) is 0 Å². The number of hydrogen-bond donors (Lipinski definition) is 2. The maximum atomic E-state index is 5.96. The van der Waals surface area contributed by atoms with E-state index in [1.165, 1.54) is 0 Å². The summed E-state index contributed by atoms with van der Waals surface area (Å²) in [5.41, 5.74) is 14.5. The highest BCUT2D eigenvalue weighted by atomic mass is 35.5. The van der Waals surface area contributed by atoms with Crippen LogP contribution in [0.25, 0.3) is 11.1 Å². The zero-order chi connectivity index (χ0) is 11.7. The van der Waals surface area contributed by atoms with Crippen LogP contribution in [0.1, 0.15) is 0 Å². The molecule has 0 amide bonds. The number of rotatable bonds is 1. The van der Waals surface area contributed by atoms with Crippen LogP contribution in [0.2, 0.25) is 10.0 Å². The lowest BCUT2D eigenvalue weighted by molar-refractivity contribution is 1.60. The van der Waals surface area contributed by atoms with Gasteiger partial charge >= 0.3 is 0 Å². The number of benzene rings is 2. The third-order valence-corrected chi connectivity index (χ3v) is 2.92. The van der Waals surface area contributed by atoms with Gasteiger partial charge in [0, 0.05) is 21.8 Å². The third kappa shape index (κ3) is 1.94. The molecular weight excluding hydrogens is 243 g/mol. The molecule has 0 atom stereocenters. The Labute approximate surface area is 104 Å². The fourth-order valence-electron chi connectivity index (χ4n) is 1.53. The standard InChI is InChI=1S/C12H10Cl2N2/c13-7-4-5-11(15)9(6-7)8-2-1-3-10(14)12(8)16/h1-6H,15-16H2. The topological polar surface area (TPSA) is 52.0 Å². The molecule has 0 saturated heterocycles. The van der Waals surface area contributed by atoms with Crippen molar-refractivity contribution in [1.82, 2.24) is 0 Å². The van der Waals surface area contributed by atoms with Gasteiger partial charge in [0.25, 0.3) is 0 Å². The highest BCUT2D eigenvalue weighted by Crippen LogP contribution is 2.35. The highest BCUT2D eigenvalue weighted by molar-refractivity contribution is 6.34. The average molecular weight is 253 g/mol. The molecule has 0 aliphatic rings. The number of hydrogen-bond acceptors (Lipinski definition) is 2. The molecule has 0 unspecified atom stereocenters. The van der Waals surface area contributed by atoms with Crippen molar-refractivity contribution in [3.8, 4) is 11.1 Å². The number of para-hydroxylation sites is 1. The van der Waals surface area contributed by atoms with Crippen molar-refractivity contribution in [3.63, 3.8) is 0 Å². The second-order valence-corrected chi connectivity index (χ2v) is 4.28. The molecule has 0 fully saturated rings. The Hall–Kier alpha value is -1.38. The Kier molecular flexibility index (Phi) is 2.95. The van der Waals surface area contributed by atoms with Crippen LogP contribution in [0.15, 0.2) is 36.4 Å². The first-order valence-corrected chi connectivity index (χ1v) is 5.44. The minimum absolute atomic E-state index is 0.511. The van der Waals surface area contributed by atoms with E-state index in [9.17, 15) is 0 Å². The molecule has 16 heavy (non-hydrogen) atoms. The van der Waals surface area contributed by atoms with Gasteiger partial charge in [-0.25, -0.2) is 0 Å². The molecule has 4 N–H and O–H groups in total. The lowest BCUT2D eigenvalue weighted by Crippen LogP contribution is -1.95. The van der Waals surface area contributed by atoms with Crippen molar-refractivity contribution in [2.75, 3.05) is 11.5 Å². The molecule has 0 aliphatic heterocycles. The van der Waals surface area contributed by atoms with Gasteiger partial charge < -0.3 is 11.5 Å². The lowest BCUT2D eigenvalue weighted by atomic mass is 10.0. The van der Waals surface area contributed by atoms with Crippen LogP contribution in [0.4, 0.5) is 11.4 Å². The maximum absolute atomic E-state index is 5.96. The van der Waals surface area contributed by atoms with Crippen molar-refractivity contribution in [3.05, 3.63) is 46.4 Å². The summed E-state index contributed by atoms with van der Waals surface area (Å²) in [6.45, 7) is 0. The summed E-state index contributed by atoms with van der Waals surface area (Å²) >= 11 is 11.9. The van der Waals surface area contributed by atoms with Crippen molar-refractivity contribution in [2.24, 2.45) is 0 Å². The van der Waals surface area contributed by atoms with Crippen LogP contribution in [0.3, 0.4) is 0 Å². The van der Waals surface area contributed by atoms with E-state index in [2.05, 4.69) is 0 Å². The smallest absolute Gasteiger partial charge is 0.0641 e. The summed E-state index contributed by atoms with van der Waals surface area (Å²) in [7, 11) is 0. The van der Waals surface area contributed by atoms with Crippen LogP contribution >= 0.6 is 23.2 Å². The van der Waals surface area contributed by atoms with E-state index in [0.29, 0.717) is 21.4 Å². The molecular formula is C12H10Cl2N2. The Balaban J connectivity index is 2.67. The first-order valence-electron chi connectivity index (χ1n) is 4.69. The summed E-state index contributed by atoms with van der Waals surface area (Å²) in [5.74, 6) is 0. The molecule has 0 aromatic heterocycles. The van der Waals surface area contributed by atoms with Gasteiger partial charge in [0.1, 0.15) is 0 Å². The molecule has 2 aromatic rings. The molecule has 0 heterocycles. The van der Waals surface area contributed by atoms with Crippen molar-refractivity contribution >= 4 is 34.6 Å². The van der Waals surface area contributed by atoms with Crippen LogP contribution < -0.4 is 11.5 Å². The van der Waals surface area contributed by atoms with E-state index in [1.807, 2.05) is 12.1 Å². The van der Waals surface area contributed by atoms with Gasteiger partial charge in [-0.05, 0) is 24.3 Å². The fourth-order valence-corrected chi connectivity index (χ4v) is 1.88. The number of halogens is 2. The first-order chi connectivity index (χ1) is 7.59. The fraction of sp³-hybridized carbons (Fsp3) is 0. The number of nitrogens with two attached hydrogens (primary N) is 2.